The van der Waals surface area contributed by atoms with E-state index in [9.17, 15) is 4.79 Å². The fourth-order valence-electron chi connectivity index (χ4n) is 1.48. The lowest BCUT2D eigenvalue weighted by Gasteiger charge is -1.90. The van der Waals surface area contributed by atoms with Crippen LogP contribution in [0.3, 0.4) is 0 Å². The summed E-state index contributed by atoms with van der Waals surface area (Å²) in [5.41, 5.74) is 1.25. The van der Waals surface area contributed by atoms with Crippen LogP contribution in [0, 0.1) is 0 Å². The Morgan fingerprint density at radius 3 is 3.07 bits per heavy atom. The molecule has 0 bridgehead atoms. The maximum absolute atomic E-state index is 11.4. The van der Waals surface area contributed by atoms with Gasteiger partial charge in [0.2, 0.25) is 0 Å². The molecule has 1 N–H and O–H groups in total. The Morgan fingerprint density at radius 1 is 1.33 bits per heavy atom. The van der Waals surface area contributed by atoms with Crippen molar-refractivity contribution in [3.8, 4) is 11.5 Å². The van der Waals surface area contributed by atoms with E-state index in [4.69, 9.17) is 0 Å². The highest BCUT2D eigenvalue weighted by Crippen LogP contribution is 2.19. The van der Waals surface area contributed by atoms with Gasteiger partial charge >= 0.3 is 5.69 Å². The third kappa shape index (κ3) is 0.967. The third-order valence-electron chi connectivity index (χ3n) is 2.23. The maximum atomic E-state index is 11.4. The van der Waals surface area contributed by atoms with Gasteiger partial charge in [0.1, 0.15) is 17.5 Å². The summed E-state index contributed by atoms with van der Waals surface area (Å²) in [6, 6.07) is 0. The number of H-pyrrole nitrogens is 1. The van der Waals surface area contributed by atoms with Crippen LogP contribution in [0.5, 0.6) is 0 Å². The number of aromatic amines is 1. The van der Waals surface area contributed by atoms with Crippen molar-refractivity contribution in [3.05, 3.63) is 23.1 Å². The number of hydrogen-bond acceptors (Lipinski definition) is 5. The van der Waals surface area contributed by atoms with Crippen molar-refractivity contribution in [1.82, 2.24) is 29.5 Å². The van der Waals surface area contributed by atoms with Gasteiger partial charge in [0, 0.05) is 7.05 Å². The minimum atomic E-state index is -0.340. The Hall–Kier alpha value is -2.31. The lowest BCUT2D eigenvalue weighted by molar-refractivity contribution is 0.853. The Balaban J connectivity index is 2.60. The molecule has 74 valence electrons. The molecule has 0 atom stereocenters. The van der Waals surface area contributed by atoms with Crippen molar-refractivity contribution >= 4 is 11.2 Å². The number of aromatic nitrogens is 6. The van der Waals surface area contributed by atoms with E-state index in [1.807, 2.05) is 0 Å². The maximum Gasteiger partial charge on any atom is 0.349 e. The van der Waals surface area contributed by atoms with Gasteiger partial charge in [-0.1, -0.05) is 0 Å². The summed E-state index contributed by atoms with van der Waals surface area (Å²) < 4.78 is 1.37. The second-order valence-corrected chi connectivity index (χ2v) is 3.10. The number of nitrogens with zero attached hydrogens (tertiary/aromatic N) is 5. The Labute approximate surface area is 83.2 Å². The molecule has 0 aliphatic carbocycles. The van der Waals surface area contributed by atoms with Crippen LogP contribution in [0.1, 0.15) is 0 Å². The van der Waals surface area contributed by atoms with Crippen LogP contribution in [0.4, 0.5) is 0 Å². The van der Waals surface area contributed by atoms with Crippen LogP contribution in [0.15, 0.2) is 17.4 Å². The molecule has 0 saturated heterocycles. The van der Waals surface area contributed by atoms with Gasteiger partial charge in [0.15, 0.2) is 11.5 Å². The highest BCUT2D eigenvalue weighted by atomic mass is 16.1. The average Bonchev–Trinajstić information content (AvgIpc) is 2.73. The highest BCUT2D eigenvalue weighted by Gasteiger charge is 2.16. The smallest absolute Gasteiger partial charge is 0.329 e. The van der Waals surface area contributed by atoms with Gasteiger partial charge in [0.25, 0.3) is 0 Å². The molecule has 0 spiro atoms. The first-order valence-corrected chi connectivity index (χ1v) is 4.28. The van der Waals surface area contributed by atoms with E-state index in [0.29, 0.717) is 22.7 Å². The van der Waals surface area contributed by atoms with E-state index in [1.165, 1.54) is 17.2 Å². The van der Waals surface area contributed by atoms with E-state index in [2.05, 4.69) is 24.9 Å². The van der Waals surface area contributed by atoms with Gasteiger partial charge in [-0.3, -0.25) is 4.57 Å². The monoisotopic (exact) mass is 202 g/mol. The topological polar surface area (TPSA) is 89.3 Å². The molecule has 7 heteroatoms. The number of rotatable bonds is 0. The van der Waals surface area contributed by atoms with Crippen molar-refractivity contribution in [2.24, 2.45) is 7.05 Å². The predicted octanol–water partition coefficient (Wildman–Crippen LogP) is -0.449. The molecule has 15 heavy (non-hydrogen) atoms. The molecule has 0 unspecified atom stereocenters. The van der Waals surface area contributed by atoms with Crippen molar-refractivity contribution in [2.75, 3.05) is 0 Å². The summed E-state index contributed by atoms with van der Waals surface area (Å²) in [6.45, 7) is 0. The predicted molar refractivity (Wildman–Crippen MR) is 51.3 cm³/mol. The van der Waals surface area contributed by atoms with Gasteiger partial charge in [-0.05, 0) is 0 Å². The molecule has 0 radical (unpaired) electrons. The summed E-state index contributed by atoms with van der Waals surface area (Å²) in [4.78, 5) is 30.2. The molecule has 0 fully saturated rings. The molecule has 1 aromatic heterocycles. The lowest BCUT2D eigenvalue weighted by Crippen LogP contribution is -2.12. The quantitative estimate of drug-likeness (QED) is 0.533. The van der Waals surface area contributed by atoms with E-state index in [-0.39, 0.29) is 5.69 Å². The minimum Gasteiger partial charge on any atom is -0.329 e. The zero-order valence-electron chi connectivity index (χ0n) is 7.80. The fraction of sp³-hybridized carbons (Fsp3) is 0.125. The highest BCUT2D eigenvalue weighted by molar-refractivity contribution is 5.84. The van der Waals surface area contributed by atoms with Gasteiger partial charge < -0.3 is 4.98 Å². The minimum absolute atomic E-state index is 0.340. The summed E-state index contributed by atoms with van der Waals surface area (Å²) in [5, 5.41) is 0. The van der Waals surface area contributed by atoms with Crippen molar-refractivity contribution in [3.63, 3.8) is 0 Å². The number of imidazole rings is 2. The van der Waals surface area contributed by atoms with Crippen LogP contribution in [-0.2, 0) is 7.05 Å². The van der Waals surface area contributed by atoms with Crippen molar-refractivity contribution < 1.29 is 0 Å². The fourth-order valence-corrected chi connectivity index (χ4v) is 1.48. The molecule has 0 amide bonds. The molecule has 7 nitrogen and oxygen atoms in total. The summed E-state index contributed by atoms with van der Waals surface area (Å²) in [7, 11) is 1.61. The van der Waals surface area contributed by atoms with Gasteiger partial charge in [0.05, 0.1) is 6.33 Å². The van der Waals surface area contributed by atoms with Crippen LogP contribution in [0.25, 0.3) is 22.7 Å². The zero-order valence-corrected chi connectivity index (χ0v) is 7.80. The Kier molecular flexibility index (Phi) is 1.39. The molecule has 0 aromatic carbocycles. The standard InChI is InChI=1S/C8H6N6O/c1-14-7-5(13-8(14)15)4-6(10-2-9-4)11-3-12-7/h2-3H,1H3,(H,9,10). The number of nitrogens with one attached hydrogen (secondary N) is 1. The molecule has 3 rings (SSSR count). The van der Waals surface area contributed by atoms with Gasteiger partial charge in [-0.2, -0.15) is 4.98 Å². The van der Waals surface area contributed by atoms with E-state index in [0.717, 1.165) is 0 Å². The van der Waals surface area contributed by atoms with Crippen molar-refractivity contribution in [2.45, 2.75) is 0 Å². The molecular weight excluding hydrogens is 196 g/mol. The zero-order chi connectivity index (χ0) is 10.4. The molecule has 2 aliphatic rings. The first-order chi connectivity index (χ1) is 7.27. The summed E-state index contributed by atoms with van der Waals surface area (Å²) in [5.74, 6) is 0.481. The normalized spacial score (nSPS) is 11.3. The SMILES string of the molecule is Cn1c2ncnc3[nH]cnc3c-2nc1=O. The van der Waals surface area contributed by atoms with E-state index >= 15 is 0 Å². The Bertz CT molecular complexity index is 668. The molecule has 3 heterocycles. The van der Waals surface area contributed by atoms with Crippen molar-refractivity contribution in [1.29, 1.82) is 0 Å². The number of fused-ring (bicyclic) bond motifs is 3. The first-order valence-electron chi connectivity index (χ1n) is 4.28. The van der Waals surface area contributed by atoms with Gasteiger partial charge in [-0.15, -0.1) is 0 Å². The molecule has 1 aromatic rings. The van der Waals surface area contributed by atoms with Gasteiger partial charge in [-0.25, -0.2) is 19.7 Å². The van der Waals surface area contributed by atoms with E-state index < -0.39 is 0 Å². The molecular formula is C8H6N6O. The van der Waals surface area contributed by atoms with Crippen LogP contribution < -0.4 is 5.69 Å². The second kappa shape index (κ2) is 2.59. The summed E-state index contributed by atoms with van der Waals surface area (Å²) >= 11 is 0. The second-order valence-electron chi connectivity index (χ2n) is 3.10. The van der Waals surface area contributed by atoms with E-state index in [1.54, 1.807) is 7.05 Å². The van der Waals surface area contributed by atoms with Crippen LogP contribution >= 0.6 is 0 Å². The van der Waals surface area contributed by atoms with Crippen LogP contribution in [-0.4, -0.2) is 29.5 Å². The number of hydrogen-bond donors (Lipinski definition) is 1. The summed E-state index contributed by atoms with van der Waals surface area (Å²) in [6.07, 6.45) is 2.89. The molecule has 0 saturated carbocycles. The van der Waals surface area contributed by atoms with Crippen LogP contribution in [0.2, 0.25) is 0 Å². The average molecular weight is 202 g/mol. The lowest BCUT2D eigenvalue weighted by atomic mass is 10.3. The first kappa shape index (κ1) is 8.04. The third-order valence-corrected chi connectivity index (χ3v) is 2.23. The molecule has 2 aliphatic heterocycles. The Morgan fingerprint density at radius 2 is 2.20 bits per heavy atom. The largest absolute Gasteiger partial charge is 0.349 e.